The number of ether oxygens (including phenoxy) is 1. The second kappa shape index (κ2) is 9.07. The van der Waals surface area contributed by atoms with E-state index >= 15 is 0 Å². The zero-order chi connectivity index (χ0) is 20.0. The average molecular weight is 369 g/mol. The third-order valence-corrected chi connectivity index (χ3v) is 4.21. The summed E-state index contributed by atoms with van der Waals surface area (Å²) in [6.45, 7) is 8.69. The lowest BCUT2D eigenvalue weighted by Crippen LogP contribution is -2.30. The van der Waals surface area contributed by atoms with Crippen LogP contribution in [0.25, 0.3) is 0 Å². The molecule has 0 aliphatic carbocycles. The summed E-state index contributed by atoms with van der Waals surface area (Å²) in [5, 5.41) is 5.55. The minimum atomic E-state index is -0.256. The van der Waals surface area contributed by atoms with E-state index in [0.717, 1.165) is 12.2 Å². The Bertz CT molecular complexity index is 801. The number of hydrogen-bond acceptors (Lipinski definition) is 4. The van der Waals surface area contributed by atoms with E-state index in [1.165, 1.54) is 6.92 Å². The number of methoxy groups -OCH3 is 1. The van der Waals surface area contributed by atoms with Crippen molar-refractivity contribution in [3.8, 4) is 5.75 Å². The highest BCUT2D eigenvalue weighted by atomic mass is 16.5. The Morgan fingerprint density at radius 3 is 2.22 bits per heavy atom. The molecule has 2 N–H and O–H groups in total. The van der Waals surface area contributed by atoms with E-state index in [1.54, 1.807) is 37.4 Å². The van der Waals surface area contributed by atoms with Crippen LogP contribution in [0.5, 0.6) is 5.75 Å². The van der Waals surface area contributed by atoms with Crippen LogP contribution in [-0.4, -0.2) is 31.5 Å². The number of hydrogen-bond donors (Lipinski definition) is 2. The molecule has 0 bridgehead atoms. The third kappa shape index (κ3) is 5.23. The maximum absolute atomic E-state index is 12.7. The standard InChI is InChI=1S/C21H27N3O3/c1-6-24(14(2)3)17-9-7-16(8-10-17)21(26)23-20-13-18(27-5)11-12-19(20)22-15(4)25/h7-14H,6H2,1-5H3,(H,22,25)(H,23,26). The molecule has 27 heavy (non-hydrogen) atoms. The normalized spacial score (nSPS) is 10.4. The van der Waals surface area contributed by atoms with Gasteiger partial charge in [-0.2, -0.15) is 0 Å². The molecule has 2 rings (SSSR count). The quantitative estimate of drug-likeness (QED) is 0.769. The molecule has 2 amide bonds. The smallest absolute Gasteiger partial charge is 0.255 e. The van der Waals surface area contributed by atoms with Gasteiger partial charge < -0.3 is 20.3 Å². The number of nitrogens with zero attached hydrogens (tertiary/aromatic N) is 1. The van der Waals surface area contributed by atoms with Crippen molar-refractivity contribution in [1.82, 2.24) is 0 Å². The van der Waals surface area contributed by atoms with Crippen LogP contribution in [0.2, 0.25) is 0 Å². The average Bonchev–Trinajstić information content (AvgIpc) is 2.63. The number of rotatable bonds is 7. The molecule has 0 atom stereocenters. The molecule has 2 aromatic carbocycles. The van der Waals surface area contributed by atoms with Crippen LogP contribution in [0.1, 0.15) is 38.1 Å². The van der Waals surface area contributed by atoms with Crippen molar-refractivity contribution in [2.24, 2.45) is 0 Å². The zero-order valence-corrected chi connectivity index (χ0v) is 16.5. The van der Waals surface area contributed by atoms with E-state index < -0.39 is 0 Å². The SMILES string of the molecule is CCN(c1ccc(C(=O)Nc2cc(OC)ccc2NC(C)=O)cc1)C(C)C. The number of nitrogens with one attached hydrogen (secondary N) is 2. The highest BCUT2D eigenvalue weighted by Crippen LogP contribution is 2.28. The van der Waals surface area contributed by atoms with Gasteiger partial charge in [0.2, 0.25) is 5.91 Å². The first-order valence-electron chi connectivity index (χ1n) is 8.99. The highest BCUT2D eigenvalue weighted by molar-refractivity contribution is 6.07. The van der Waals surface area contributed by atoms with Crippen LogP contribution in [0.3, 0.4) is 0 Å². The van der Waals surface area contributed by atoms with E-state index in [2.05, 4.69) is 36.3 Å². The molecule has 0 heterocycles. The van der Waals surface area contributed by atoms with Gasteiger partial charge >= 0.3 is 0 Å². The van der Waals surface area contributed by atoms with Gasteiger partial charge in [-0.3, -0.25) is 9.59 Å². The lowest BCUT2D eigenvalue weighted by molar-refractivity contribution is -0.114. The van der Waals surface area contributed by atoms with Gasteiger partial charge in [-0.1, -0.05) is 0 Å². The number of carbonyl (C=O) groups excluding carboxylic acids is 2. The van der Waals surface area contributed by atoms with Gasteiger partial charge in [0.1, 0.15) is 5.75 Å². The molecule has 0 spiro atoms. The first kappa shape index (κ1) is 20.3. The maximum Gasteiger partial charge on any atom is 0.255 e. The van der Waals surface area contributed by atoms with Crippen LogP contribution >= 0.6 is 0 Å². The van der Waals surface area contributed by atoms with Crippen molar-refractivity contribution in [1.29, 1.82) is 0 Å². The Balaban J connectivity index is 2.22. The Labute approximate surface area is 160 Å². The van der Waals surface area contributed by atoms with E-state index in [-0.39, 0.29) is 11.8 Å². The van der Waals surface area contributed by atoms with Crippen molar-refractivity contribution >= 4 is 28.9 Å². The Hall–Kier alpha value is -3.02. The molecule has 0 saturated carbocycles. The van der Waals surface area contributed by atoms with E-state index in [0.29, 0.717) is 28.7 Å². The molecule has 6 nitrogen and oxygen atoms in total. The van der Waals surface area contributed by atoms with Crippen molar-refractivity contribution in [2.75, 3.05) is 29.2 Å². The molecule has 144 valence electrons. The third-order valence-electron chi connectivity index (χ3n) is 4.21. The van der Waals surface area contributed by atoms with Gasteiger partial charge in [-0.05, 0) is 57.2 Å². The predicted octanol–water partition coefficient (Wildman–Crippen LogP) is 4.14. The van der Waals surface area contributed by atoms with Gasteiger partial charge in [0, 0.05) is 36.8 Å². The fourth-order valence-electron chi connectivity index (χ4n) is 2.90. The summed E-state index contributed by atoms with van der Waals surface area (Å²) >= 11 is 0. The fraction of sp³-hybridized carbons (Fsp3) is 0.333. The molecule has 0 aliphatic heterocycles. The van der Waals surface area contributed by atoms with Crippen LogP contribution in [-0.2, 0) is 4.79 Å². The number of carbonyl (C=O) groups is 2. The fourth-order valence-corrected chi connectivity index (χ4v) is 2.90. The van der Waals surface area contributed by atoms with Gasteiger partial charge in [-0.25, -0.2) is 0 Å². The Morgan fingerprint density at radius 1 is 1.04 bits per heavy atom. The summed E-state index contributed by atoms with van der Waals surface area (Å²) in [5.41, 5.74) is 2.61. The Morgan fingerprint density at radius 2 is 1.70 bits per heavy atom. The summed E-state index contributed by atoms with van der Waals surface area (Å²) in [5.74, 6) is 0.118. The van der Waals surface area contributed by atoms with Crippen molar-refractivity contribution in [3.63, 3.8) is 0 Å². The monoisotopic (exact) mass is 369 g/mol. The molecule has 0 radical (unpaired) electrons. The highest BCUT2D eigenvalue weighted by Gasteiger charge is 2.13. The van der Waals surface area contributed by atoms with E-state index in [4.69, 9.17) is 4.74 Å². The number of benzene rings is 2. The maximum atomic E-state index is 12.7. The minimum Gasteiger partial charge on any atom is -0.497 e. The van der Waals surface area contributed by atoms with Crippen LogP contribution in [0, 0.1) is 0 Å². The van der Waals surface area contributed by atoms with Gasteiger partial charge in [-0.15, -0.1) is 0 Å². The first-order valence-corrected chi connectivity index (χ1v) is 8.99. The number of amides is 2. The molecule has 0 aromatic heterocycles. The molecule has 0 saturated heterocycles. The lowest BCUT2D eigenvalue weighted by Gasteiger charge is -2.27. The molecule has 0 fully saturated rings. The van der Waals surface area contributed by atoms with Gasteiger partial charge in [0.15, 0.2) is 0 Å². The molecule has 0 unspecified atom stereocenters. The van der Waals surface area contributed by atoms with Crippen LogP contribution < -0.4 is 20.3 Å². The minimum absolute atomic E-state index is 0.214. The summed E-state index contributed by atoms with van der Waals surface area (Å²) in [4.78, 5) is 26.3. The predicted molar refractivity (Wildman–Crippen MR) is 110 cm³/mol. The van der Waals surface area contributed by atoms with Crippen molar-refractivity contribution < 1.29 is 14.3 Å². The molecule has 6 heteroatoms. The zero-order valence-electron chi connectivity index (χ0n) is 16.5. The molecular weight excluding hydrogens is 342 g/mol. The molecule has 2 aromatic rings. The lowest BCUT2D eigenvalue weighted by atomic mass is 10.1. The van der Waals surface area contributed by atoms with E-state index in [1.807, 2.05) is 12.1 Å². The van der Waals surface area contributed by atoms with Crippen LogP contribution in [0.15, 0.2) is 42.5 Å². The second-order valence-electron chi connectivity index (χ2n) is 6.47. The first-order chi connectivity index (χ1) is 12.8. The molecule has 0 aliphatic rings. The summed E-state index contributed by atoms with van der Waals surface area (Å²) in [6, 6.07) is 13.0. The number of anilines is 3. The topological polar surface area (TPSA) is 70.7 Å². The summed E-state index contributed by atoms with van der Waals surface area (Å²) in [7, 11) is 1.55. The van der Waals surface area contributed by atoms with Crippen molar-refractivity contribution in [3.05, 3.63) is 48.0 Å². The largest absolute Gasteiger partial charge is 0.497 e. The molecular formula is C21H27N3O3. The second-order valence-corrected chi connectivity index (χ2v) is 6.47. The van der Waals surface area contributed by atoms with E-state index in [9.17, 15) is 9.59 Å². The Kier molecular flexibility index (Phi) is 6.82. The van der Waals surface area contributed by atoms with Gasteiger partial charge in [0.25, 0.3) is 5.91 Å². The van der Waals surface area contributed by atoms with Gasteiger partial charge in [0.05, 0.1) is 18.5 Å². The van der Waals surface area contributed by atoms with Crippen LogP contribution in [0.4, 0.5) is 17.1 Å². The summed E-state index contributed by atoms with van der Waals surface area (Å²) < 4.78 is 5.21. The summed E-state index contributed by atoms with van der Waals surface area (Å²) in [6.07, 6.45) is 0. The van der Waals surface area contributed by atoms with Crippen molar-refractivity contribution in [2.45, 2.75) is 33.7 Å².